The number of halogens is 2. The Hall–Kier alpha value is -1.44. The number of hydrogen-bond acceptors (Lipinski definition) is 4. The molecule has 8 heteroatoms. The van der Waals surface area contributed by atoms with E-state index in [0.717, 1.165) is 15.1 Å². The molecule has 2 aromatic heterocycles. The average molecular weight is 427 g/mol. The Balaban J connectivity index is 2.01. The first kappa shape index (κ1) is 19.3. The van der Waals surface area contributed by atoms with Gasteiger partial charge in [-0.2, -0.15) is 4.99 Å². The number of aromatic nitrogens is 1. The molecule has 0 radical (unpaired) electrons. The minimum atomic E-state index is -0.322. The van der Waals surface area contributed by atoms with Crippen LogP contribution in [-0.4, -0.2) is 23.7 Å². The summed E-state index contributed by atoms with van der Waals surface area (Å²) in [6, 6.07) is 7.40. The van der Waals surface area contributed by atoms with Crippen molar-refractivity contribution in [2.45, 2.75) is 13.5 Å². The van der Waals surface area contributed by atoms with Gasteiger partial charge < -0.3 is 9.30 Å². The quantitative estimate of drug-likeness (QED) is 0.399. The average Bonchev–Trinajstić information content (AvgIpc) is 3.21. The van der Waals surface area contributed by atoms with Gasteiger partial charge in [0.25, 0.3) is 5.91 Å². The second-order valence-electron chi connectivity index (χ2n) is 5.27. The highest BCUT2D eigenvalue weighted by molar-refractivity contribution is 7.16. The standard InChI is InChI=1S/C18H16Cl2N2O2S2/c1-2-24-8-7-22-17-14(20)10-12(19)11-15(17)26-18(22)21-16(23)6-5-13-4-3-9-25-13/h3-6,9-11H,2,7-8H2,1H3. The van der Waals surface area contributed by atoms with Gasteiger partial charge in [0, 0.05) is 29.1 Å². The van der Waals surface area contributed by atoms with Gasteiger partial charge >= 0.3 is 0 Å². The summed E-state index contributed by atoms with van der Waals surface area (Å²) >= 11 is 15.4. The molecule has 0 bridgehead atoms. The maximum atomic E-state index is 12.3. The van der Waals surface area contributed by atoms with E-state index in [9.17, 15) is 4.79 Å². The number of carbonyl (C=O) groups is 1. The molecule has 0 aliphatic heterocycles. The third-order valence-electron chi connectivity index (χ3n) is 3.50. The number of amides is 1. The van der Waals surface area contributed by atoms with Crippen LogP contribution in [0.25, 0.3) is 16.3 Å². The van der Waals surface area contributed by atoms with Crippen molar-refractivity contribution in [3.05, 3.63) is 55.4 Å². The molecule has 0 aliphatic carbocycles. The molecule has 3 rings (SSSR count). The number of thiazole rings is 1. The van der Waals surface area contributed by atoms with Gasteiger partial charge in [-0.15, -0.1) is 11.3 Å². The Kier molecular flexibility index (Phi) is 6.67. The van der Waals surface area contributed by atoms with Crippen LogP contribution in [0.3, 0.4) is 0 Å². The van der Waals surface area contributed by atoms with E-state index in [2.05, 4.69) is 4.99 Å². The third kappa shape index (κ3) is 4.64. The highest BCUT2D eigenvalue weighted by atomic mass is 35.5. The zero-order valence-electron chi connectivity index (χ0n) is 13.9. The number of nitrogens with zero attached hydrogens (tertiary/aromatic N) is 2. The van der Waals surface area contributed by atoms with E-state index in [1.807, 2.05) is 35.1 Å². The summed E-state index contributed by atoms with van der Waals surface area (Å²) in [5.41, 5.74) is 0.814. The van der Waals surface area contributed by atoms with E-state index in [1.54, 1.807) is 23.5 Å². The lowest BCUT2D eigenvalue weighted by Gasteiger charge is -2.06. The molecule has 0 spiro atoms. The van der Waals surface area contributed by atoms with Gasteiger partial charge in [-0.3, -0.25) is 4.79 Å². The number of benzene rings is 1. The van der Waals surface area contributed by atoms with Gasteiger partial charge in [0.05, 0.1) is 21.8 Å². The predicted octanol–water partition coefficient (Wildman–Crippen LogP) is 5.25. The van der Waals surface area contributed by atoms with Crippen LogP contribution in [0.5, 0.6) is 0 Å². The summed E-state index contributed by atoms with van der Waals surface area (Å²) in [4.78, 5) is 18.1. The largest absolute Gasteiger partial charge is 0.380 e. The molecular weight excluding hydrogens is 411 g/mol. The minimum Gasteiger partial charge on any atom is -0.380 e. The number of ether oxygens (including phenoxy) is 1. The smallest absolute Gasteiger partial charge is 0.272 e. The van der Waals surface area contributed by atoms with Crippen LogP contribution in [-0.2, 0) is 16.1 Å². The summed E-state index contributed by atoms with van der Waals surface area (Å²) in [5, 5.41) is 3.04. The van der Waals surface area contributed by atoms with Crippen LogP contribution in [0.2, 0.25) is 10.0 Å². The minimum absolute atomic E-state index is 0.322. The summed E-state index contributed by atoms with van der Waals surface area (Å²) in [6.45, 7) is 3.62. The Morgan fingerprint density at radius 1 is 1.38 bits per heavy atom. The molecule has 0 N–H and O–H groups in total. The molecule has 0 atom stereocenters. The second kappa shape index (κ2) is 8.97. The molecule has 0 saturated carbocycles. The van der Waals surface area contributed by atoms with Crippen molar-refractivity contribution in [3.8, 4) is 0 Å². The van der Waals surface area contributed by atoms with Gasteiger partial charge in [-0.1, -0.05) is 40.6 Å². The molecule has 1 aromatic carbocycles. The predicted molar refractivity (Wildman–Crippen MR) is 110 cm³/mol. The van der Waals surface area contributed by atoms with Crippen LogP contribution < -0.4 is 4.80 Å². The van der Waals surface area contributed by atoms with Crippen LogP contribution in [0, 0.1) is 0 Å². The number of hydrogen-bond donors (Lipinski definition) is 0. The van der Waals surface area contributed by atoms with Crippen molar-refractivity contribution in [1.82, 2.24) is 4.57 Å². The van der Waals surface area contributed by atoms with E-state index in [1.165, 1.54) is 17.4 Å². The lowest BCUT2D eigenvalue weighted by Crippen LogP contribution is -2.19. The highest BCUT2D eigenvalue weighted by Crippen LogP contribution is 2.29. The summed E-state index contributed by atoms with van der Waals surface area (Å²) < 4.78 is 8.24. The van der Waals surface area contributed by atoms with Gasteiger partial charge in [0.2, 0.25) is 0 Å². The molecule has 26 heavy (non-hydrogen) atoms. The molecule has 0 unspecified atom stereocenters. The first-order valence-corrected chi connectivity index (χ1v) is 10.4. The second-order valence-corrected chi connectivity index (χ2v) is 8.10. The number of carbonyl (C=O) groups excluding carboxylic acids is 1. The van der Waals surface area contributed by atoms with Crippen molar-refractivity contribution < 1.29 is 9.53 Å². The highest BCUT2D eigenvalue weighted by Gasteiger charge is 2.12. The molecule has 136 valence electrons. The molecule has 2 heterocycles. The monoisotopic (exact) mass is 426 g/mol. The summed E-state index contributed by atoms with van der Waals surface area (Å²) in [7, 11) is 0. The SMILES string of the molecule is CCOCCn1c(=NC(=O)C=Cc2cccs2)sc2cc(Cl)cc(Cl)c21. The molecule has 0 aliphatic rings. The Morgan fingerprint density at radius 2 is 2.23 bits per heavy atom. The molecule has 4 nitrogen and oxygen atoms in total. The van der Waals surface area contributed by atoms with Crippen molar-refractivity contribution in [3.63, 3.8) is 0 Å². The summed E-state index contributed by atoms with van der Waals surface area (Å²) in [5.74, 6) is -0.322. The number of fused-ring (bicyclic) bond motifs is 1. The first-order chi connectivity index (χ1) is 12.6. The van der Waals surface area contributed by atoms with Crippen molar-refractivity contribution in [2.75, 3.05) is 13.2 Å². The van der Waals surface area contributed by atoms with Gasteiger partial charge in [0.1, 0.15) is 0 Å². The Morgan fingerprint density at radius 3 is 2.96 bits per heavy atom. The van der Waals surface area contributed by atoms with E-state index in [-0.39, 0.29) is 5.91 Å². The normalized spacial score (nSPS) is 12.5. The van der Waals surface area contributed by atoms with E-state index >= 15 is 0 Å². The van der Waals surface area contributed by atoms with E-state index in [0.29, 0.717) is 34.6 Å². The van der Waals surface area contributed by atoms with Crippen LogP contribution >= 0.6 is 45.9 Å². The Labute approximate surface area is 169 Å². The first-order valence-electron chi connectivity index (χ1n) is 7.95. The van der Waals surface area contributed by atoms with E-state index in [4.69, 9.17) is 27.9 Å². The fourth-order valence-corrected chi connectivity index (χ4v) is 4.86. The molecular formula is C18H16Cl2N2O2S2. The maximum Gasteiger partial charge on any atom is 0.272 e. The lowest BCUT2D eigenvalue weighted by atomic mass is 10.3. The Bertz CT molecular complexity index is 1000. The van der Waals surface area contributed by atoms with Gasteiger partial charge in [-0.05, 0) is 36.6 Å². The zero-order chi connectivity index (χ0) is 18.5. The zero-order valence-corrected chi connectivity index (χ0v) is 17.1. The topological polar surface area (TPSA) is 43.6 Å². The van der Waals surface area contributed by atoms with Gasteiger partial charge in [-0.25, -0.2) is 0 Å². The van der Waals surface area contributed by atoms with E-state index < -0.39 is 0 Å². The molecule has 1 amide bonds. The van der Waals surface area contributed by atoms with Crippen LogP contribution in [0.15, 0.2) is 40.7 Å². The molecule has 3 aromatic rings. The molecule has 0 fully saturated rings. The van der Waals surface area contributed by atoms with Crippen molar-refractivity contribution in [1.29, 1.82) is 0 Å². The summed E-state index contributed by atoms with van der Waals surface area (Å²) in [6.07, 6.45) is 3.23. The van der Waals surface area contributed by atoms with Crippen LogP contribution in [0.4, 0.5) is 0 Å². The van der Waals surface area contributed by atoms with Crippen molar-refractivity contribution in [2.24, 2.45) is 4.99 Å². The fourth-order valence-electron chi connectivity index (χ4n) is 2.39. The maximum absolute atomic E-state index is 12.3. The number of thiophene rings is 1. The number of rotatable bonds is 6. The van der Waals surface area contributed by atoms with Crippen LogP contribution in [0.1, 0.15) is 11.8 Å². The fraction of sp³-hybridized carbons (Fsp3) is 0.222. The van der Waals surface area contributed by atoms with Crippen molar-refractivity contribution >= 4 is 68.1 Å². The lowest BCUT2D eigenvalue weighted by molar-refractivity contribution is -0.113. The third-order valence-corrected chi connectivity index (χ3v) is 5.87. The van der Waals surface area contributed by atoms with Gasteiger partial charge in [0.15, 0.2) is 4.80 Å². The molecule has 0 saturated heterocycles.